The molecular weight excluding hydrogens is 228 g/mol. The molecule has 1 saturated carbocycles. The summed E-state index contributed by atoms with van der Waals surface area (Å²) in [4.78, 5) is 0. The van der Waals surface area contributed by atoms with Crippen LogP contribution in [0.4, 0.5) is 0 Å². The van der Waals surface area contributed by atoms with E-state index in [9.17, 15) is 0 Å². The van der Waals surface area contributed by atoms with Gasteiger partial charge in [0.15, 0.2) is 0 Å². The molecule has 3 atom stereocenters. The van der Waals surface area contributed by atoms with Gasteiger partial charge in [-0.1, -0.05) is 58.7 Å². The van der Waals surface area contributed by atoms with Gasteiger partial charge in [0.2, 0.25) is 0 Å². The molecule has 0 bridgehead atoms. The summed E-state index contributed by atoms with van der Waals surface area (Å²) >= 11 is 0. The molecule has 0 radical (unpaired) electrons. The Morgan fingerprint density at radius 1 is 1.21 bits per heavy atom. The average Bonchev–Trinajstić information content (AvgIpc) is 2.38. The molecule has 3 rings (SSSR count). The summed E-state index contributed by atoms with van der Waals surface area (Å²) in [7, 11) is 0. The Morgan fingerprint density at radius 3 is 2.74 bits per heavy atom. The van der Waals surface area contributed by atoms with Crippen molar-refractivity contribution in [1.29, 1.82) is 0 Å². The summed E-state index contributed by atoms with van der Waals surface area (Å²) in [5.41, 5.74) is 5.31. The number of hydrogen-bond acceptors (Lipinski definition) is 0. The molecule has 1 aromatic carbocycles. The molecule has 1 aromatic rings. The molecule has 0 heteroatoms. The van der Waals surface area contributed by atoms with Crippen LogP contribution in [-0.4, -0.2) is 0 Å². The third kappa shape index (κ3) is 2.04. The molecule has 19 heavy (non-hydrogen) atoms. The number of benzene rings is 1. The van der Waals surface area contributed by atoms with E-state index in [2.05, 4.69) is 45.9 Å². The van der Waals surface area contributed by atoms with Gasteiger partial charge in [-0.2, -0.15) is 0 Å². The second kappa shape index (κ2) is 4.65. The van der Waals surface area contributed by atoms with Crippen LogP contribution in [0.3, 0.4) is 0 Å². The van der Waals surface area contributed by atoms with E-state index in [0.717, 1.165) is 11.8 Å². The fourth-order valence-electron chi connectivity index (χ4n) is 4.79. The maximum absolute atomic E-state index is 2.54. The van der Waals surface area contributed by atoms with Gasteiger partial charge in [0.25, 0.3) is 0 Å². The molecule has 0 unspecified atom stereocenters. The van der Waals surface area contributed by atoms with E-state index in [0.29, 0.717) is 11.3 Å². The second-order valence-electron chi connectivity index (χ2n) is 7.50. The average molecular weight is 256 g/mol. The molecule has 0 aromatic heterocycles. The zero-order valence-electron chi connectivity index (χ0n) is 13.0. The Labute approximate surface area is 118 Å². The van der Waals surface area contributed by atoms with Crippen LogP contribution in [0.15, 0.2) is 18.2 Å². The van der Waals surface area contributed by atoms with Crippen LogP contribution in [0.1, 0.15) is 76.0 Å². The molecule has 0 aliphatic heterocycles. The van der Waals surface area contributed by atoms with Crippen LogP contribution in [0.25, 0.3) is 0 Å². The van der Waals surface area contributed by atoms with Crippen molar-refractivity contribution in [3.63, 3.8) is 0 Å². The Kier molecular flexibility index (Phi) is 3.23. The largest absolute Gasteiger partial charge is 0.0622 e. The van der Waals surface area contributed by atoms with Gasteiger partial charge >= 0.3 is 0 Å². The first-order valence-corrected chi connectivity index (χ1v) is 8.15. The van der Waals surface area contributed by atoms with Crippen LogP contribution < -0.4 is 0 Å². The lowest BCUT2D eigenvalue weighted by atomic mass is 9.55. The molecule has 0 spiro atoms. The van der Waals surface area contributed by atoms with E-state index in [4.69, 9.17) is 0 Å². The lowest BCUT2D eigenvalue weighted by Gasteiger charge is -2.49. The maximum Gasteiger partial charge on any atom is -0.00417 e. The lowest BCUT2D eigenvalue weighted by molar-refractivity contribution is 0.118. The monoisotopic (exact) mass is 256 g/mol. The molecule has 1 fully saturated rings. The highest BCUT2D eigenvalue weighted by Gasteiger charge is 2.44. The fraction of sp³-hybridized carbons (Fsp3) is 0.684. The van der Waals surface area contributed by atoms with Gasteiger partial charge in [-0.15, -0.1) is 0 Å². The third-order valence-electron chi connectivity index (χ3n) is 6.00. The zero-order chi connectivity index (χ0) is 13.6. The molecule has 0 amide bonds. The van der Waals surface area contributed by atoms with Crippen LogP contribution in [0, 0.1) is 11.8 Å². The van der Waals surface area contributed by atoms with Crippen LogP contribution >= 0.6 is 0 Å². The van der Waals surface area contributed by atoms with E-state index in [1.165, 1.54) is 37.7 Å². The molecule has 2 aliphatic rings. The van der Waals surface area contributed by atoms with Crippen molar-refractivity contribution in [2.75, 3.05) is 0 Å². The molecular formula is C19H28. The van der Waals surface area contributed by atoms with Gasteiger partial charge in [-0.3, -0.25) is 0 Å². The van der Waals surface area contributed by atoms with Crippen molar-refractivity contribution >= 4 is 0 Å². The second-order valence-corrected chi connectivity index (χ2v) is 7.50. The van der Waals surface area contributed by atoms with Gasteiger partial charge in [0, 0.05) is 0 Å². The summed E-state index contributed by atoms with van der Waals surface area (Å²) < 4.78 is 0. The van der Waals surface area contributed by atoms with Crippen LogP contribution in [0.5, 0.6) is 0 Å². The van der Waals surface area contributed by atoms with E-state index in [1.807, 2.05) is 0 Å². The number of aryl methyl sites for hydroxylation is 1. The molecule has 2 aliphatic carbocycles. The van der Waals surface area contributed by atoms with Crippen LogP contribution in [0.2, 0.25) is 0 Å². The molecule has 0 heterocycles. The Balaban J connectivity index is 2.04. The van der Waals surface area contributed by atoms with Crippen molar-refractivity contribution < 1.29 is 0 Å². The number of hydrogen-bond donors (Lipinski definition) is 0. The summed E-state index contributed by atoms with van der Waals surface area (Å²) in [6.07, 6.45) is 6.97. The highest BCUT2D eigenvalue weighted by molar-refractivity contribution is 5.41. The van der Waals surface area contributed by atoms with Crippen molar-refractivity contribution in [3.8, 4) is 0 Å². The molecule has 104 valence electrons. The van der Waals surface area contributed by atoms with Crippen molar-refractivity contribution in [1.82, 2.24) is 0 Å². The van der Waals surface area contributed by atoms with Crippen molar-refractivity contribution in [3.05, 3.63) is 34.9 Å². The van der Waals surface area contributed by atoms with E-state index in [1.54, 1.807) is 11.1 Å². The first-order valence-electron chi connectivity index (χ1n) is 8.15. The highest BCUT2D eigenvalue weighted by atomic mass is 14.5. The summed E-state index contributed by atoms with van der Waals surface area (Å²) in [6, 6.07) is 7.35. The molecule has 0 N–H and O–H groups in total. The normalized spacial score (nSPS) is 33.9. The zero-order valence-corrected chi connectivity index (χ0v) is 13.0. The minimum atomic E-state index is 0.459. The fourth-order valence-corrected chi connectivity index (χ4v) is 4.79. The maximum atomic E-state index is 2.54. The lowest BCUT2D eigenvalue weighted by Crippen LogP contribution is -2.43. The minimum Gasteiger partial charge on any atom is -0.0622 e. The van der Waals surface area contributed by atoms with E-state index < -0.39 is 0 Å². The Hall–Kier alpha value is -0.780. The SMILES string of the molecule is CC(C)c1ccc2c(c1)CC[C@@H]1[C@H](C)CCC[C@]21C. The third-order valence-corrected chi connectivity index (χ3v) is 6.00. The van der Waals surface area contributed by atoms with Gasteiger partial charge in [0.05, 0.1) is 0 Å². The van der Waals surface area contributed by atoms with E-state index >= 15 is 0 Å². The smallest absolute Gasteiger partial charge is 0.00417 e. The molecule has 0 nitrogen and oxygen atoms in total. The first kappa shape index (κ1) is 13.2. The van der Waals surface area contributed by atoms with Crippen LogP contribution in [-0.2, 0) is 11.8 Å². The first-order chi connectivity index (χ1) is 9.02. The predicted octanol–water partition coefficient (Wildman–Crippen LogP) is 5.45. The van der Waals surface area contributed by atoms with E-state index in [-0.39, 0.29) is 0 Å². The minimum absolute atomic E-state index is 0.459. The highest BCUT2D eigenvalue weighted by Crippen LogP contribution is 2.52. The summed E-state index contributed by atoms with van der Waals surface area (Å²) in [6.45, 7) is 9.63. The number of fused-ring (bicyclic) bond motifs is 3. The number of rotatable bonds is 1. The van der Waals surface area contributed by atoms with Gasteiger partial charge in [-0.25, -0.2) is 0 Å². The molecule has 0 saturated heterocycles. The van der Waals surface area contributed by atoms with Crippen molar-refractivity contribution in [2.24, 2.45) is 11.8 Å². The Morgan fingerprint density at radius 2 is 2.00 bits per heavy atom. The van der Waals surface area contributed by atoms with Gasteiger partial charge in [0.1, 0.15) is 0 Å². The standard InChI is InChI=1S/C19H28/c1-13(2)15-7-10-18-16(12-15)8-9-17-14(3)6-5-11-19(17,18)4/h7,10,12-14,17H,5-6,8-9,11H2,1-4H3/t14-,17-,19+/m1/s1. The summed E-state index contributed by atoms with van der Waals surface area (Å²) in [5, 5.41) is 0. The predicted molar refractivity (Wildman–Crippen MR) is 82.7 cm³/mol. The topological polar surface area (TPSA) is 0 Å². The van der Waals surface area contributed by atoms with Gasteiger partial charge < -0.3 is 0 Å². The Bertz CT molecular complexity index is 471. The summed E-state index contributed by atoms with van der Waals surface area (Å²) in [5.74, 6) is 2.48. The van der Waals surface area contributed by atoms with Crippen molar-refractivity contribution in [2.45, 2.75) is 71.1 Å². The van der Waals surface area contributed by atoms with Gasteiger partial charge in [-0.05, 0) is 59.1 Å². The quantitative estimate of drug-likeness (QED) is 0.626.